The lowest BCUT2D eigenvalue weighted by atomic mass is 10.2. The molecule has 0 bridgehead atoms. The van der Waals surface area contributed by atoms with E-state index < -0.39 is 0 Å². The molecule has 1 aromatic rings. The van der Waals surface area contributed by atoms with E-state index in [-0.39, 0.29) is 11.1 Å². The maximum atomic E-state index is 11.6. The van der Waals surface area contributed by atoms with Gasteiger partial charge in [0.1, 0.15) is 0 Å². The summed E-state index contributed by atoms with van der Waals surface area (Å²) < 4.78 is 1.14. The van der Waals surface area contributed by atoms with E-state index in [2.05, 4.69) is 22.6 Å². The molecule has 16 heavy (non-hydrogen) atoms. The maximum Gasteiger partial charge on any atom is 0.293 e. The number of likely N-dealkylation sites (N-methyl/N-ethyl adjacent to an activating group) is 1. The molecular weight excluding hydrogens is 337 g/mol. The molecule has 0 saturated carbocycles. The van der Waals surface area contributed by atoms with Gasteiger partial charge in [0.25, 0.3) is 11.1 Å². The first-order valence-electron chi connectivity index (χ1n) is 4.55. The number of nitrogens with zero attached hydrogens (tertiary/aromatic N) is 1. The number of carbonyl (C=O) groups excluding carboxylic acids is 2. The second kappa shape index (κ2) is 4.58. The van der Waals surface area contributed by atoms with Crippen LogP contribution < -0.4 is 0 Å². The molecule has 2 rings (SSSR count). The number of amides is 2. The first kappa shape index (κ1) is 11.7. The Kier molecular flexibility index (Phi) is 3.34. The summed E-state index contributed by atoms with van der Waals surface area (Å²) in [7, 11) is 1.49. The Labute approximate surface area is 111 Å². The average molecular weight is 345 g/mol. The summed E-state index contributed by atoms with van der Waals surface area (Å²) in [6.45, 7) is 0. The average Bonchev–Trinajstić information content (AvgIpc) is 2.50. The fourth-order valence-corrected chi connectivity index (χ4v) is 2.44. The van der Waals surface area contributed by atoms with Crippen LogP contribution in [0.4, 0.5) is 4.79 Å². The number of hydrogen-bond donors (Lipinski definition) is 0. The number of rotatable bonds is 1. The van der Waals surface area contributed by atoms with E-state index in [1.807, 2.05) is 24.3 Å². The van der Waals surface area contributed by atoms with E-state index in [0.29, 0.717) is 4.91 Å². The molecule has 1 aliphatic heterocycles. The van der Waals surface area contributed by atoms with Gasteiger partial charge in [0.05, 0.1) is 4.91 Å². The third kappa shape index (κ3) is 2.30. The van der Waals surface area contributed by atoms with Gasteiger partial charge >= 0.3 is 0 Å². The molecule has 0 radical (unpaired) electrons. The van der Waals surface area contributed by atoms with Gasteiger partial charge in [-0.25, -0.2) is 0 Å². The lowest BCUT2D eigenvalue weighted by Crippen LogP contribution is -2.22. The normalized spacial score (nSPS) is 18.6. The smallest absolute Gasteiger partial charge is 0.272 e. The number of hydrogen-bond acceptors (Lipinski definition) is 3. The minimum atomic E-state index is -0.228. The highest BCUT2D eigenvalue weighted by atomic mass is 127. The minimum Gasteiger partial charge on any atom is -0.272 e. The van der Waals surface area contributed by atoms with E-state index in [4.69, 9.17) is 0 Å². The van der Waals surface area contributed by atoms with Gasteiger partial charge in [0.15, 0.2) is 0 Å². The molecule has 0 unspecified atom stereocenters. The first-order valence-corrected chi connectivity index (χ1v) is 6.44. The molecule has 2 amide bonds. The van der Waals surface area contributed by atoms with Crippen LogP contribution in [0.25, 0.3) is 6.08 Å². The van der Waals surface area contributed by atoms with Crippen LogP contribution >= 0.6 is 34.4 Å². The Morgan fingerprint density at radius 1 is 1.25 bits per heavy atom. The molecule has 0 atom stereocenters. The number of benzene rings is 1. The van der Waals surface area contributed by atoms with Gasteiger partial charge in [-0.1, -0.05) is 12.1 Å². The Hall–Kier alpha value is -0.820. The van der Waals surface area contributed by atoms with Crippen LogP contribution in [0.2, 0.25) is 0 Å². The molecule has 1 saturated heterocycles. The Morgan fingerprint density at radius 2 is 1.88 bits per heavy atom. The van der Waals surface area contributed by atoms with Crippen LogP contribution in [-0.4, -0.2) is 23.1 Å². The zero-order valence-electron chi connectivity index (χ0n) is 8.44. The standard InChI is InChI=1S/C11H8INO2S/c1-13-10(14)9(16-11(13)15)6-7-2-4-8(12)5-3-7/h2-6H,1H3/b9-6-. The van der Waals surface area contributed by atoms with Crippen molar-refractivity contribution in [2.75, 3.05) is 7.05 Å². The fourth-order valence-electron chi connectivity index (χ4n) is 1.26. The van der Waals surface area contributed by atoms with E-state index in [1.54, 1.807) is 6.08 Å². The van der Waals surface area contributed by atoms with Crippen molar-refractivity contribution >= 4 is 51.6 Å². The van der Waals surface area contributed by atoms with Crippen LogP contribution in [0.5, 0.6) is 0 Å². The summed E-state index contributed by atoms with van der Waals surface area (Å²) in [6.07, 6.45) is 1.74. The zero-order valence-corrected chi connectivity index (χ0v) is 11.4. The number of thioether (sulfide) groups is 1. The second-order valence-electron chi connectivity index (χ2n) is 3.29. The summed E-state index contributed by atoms with van der Waals surface area (Å²) in [5.74, 6) is -0.228. The topological polar surface area (TPSA) is 37.4 Å². The quantitative estimate of drug-likeness (QED) is 0.580. The third-order valence-corrected chi connectivity index (χ3v) is 3.83. The van der Waals surface area contributed by atoms with Crippen molar-refractivity contribution in [3.05, 3.63) is 38.3 Å². The Bertz CT molecular complexity index is 481. The molecule has 3 nitrogen and oxygen atoms in total. The molecule has 1 heterocycles. The molecule has 1 aromatic carbocycles. The van der Waals surface area contributed by atoms with Gasteiger partial charge in [-0.2, -0.15) is 0 Å². The van der Waals surface area contributed by atoms with Crippen LogP contribution in [0, 0.1) is 3.57 Å². The molecule has 82 valence electrons. The van der Waals surface area contributed by atoms with Crippen molar-refractivity contribution in [2.24, 2.45) is 0 Å². The van der Waals surface area contributed by atoms with Crippen molar-refractivity contribution in [2.45, 2.75) is 0 Å². The highest BCUT2D eigenvalue weighted by molar-refractivity contribution is 14.1. The highest BCUT2D eigenvalue weighted by Gasteiger charge is 2.31. The van der Waals surface area contributed by atoms with Crippen LogP contribution in [0.1, 0.15) is 5.56 Å². The molecule has 1 aliphatic rings. The Morgan fingerprint density at radius 3 is 2.38 bits per heavy atom. The molecule has 5 heteroatoms. The van der Waals surface area contributed by atoms with Crippen molar-refractivity contribution in [1.82, 2.24) is 4.90 Å². The van der Waals surface area contributed by atoms with Crippen molar-refractivity contribution < 1.29 is 9.59 Å². The molecule has 0 aromatic heterocycles. The second-order valence-corrected chi connectivity index (χ2v) is 5.53. The highest BCUT2D eigenvalue weighted by Crippen LogP contribution is 2.30. The van der Waals surface area contributed by atoms with Crippen molar-refractivity contribution in [3.63, 3.8) is 0 Å². The number of halogens is 1. The van der Waals surface area contributed by atoms with Gasteiger partial charge < -0.3 is 0 Å². The number of carbonyl (C=O) groups is 2. The summed E-state index contributed by atoms with van der Waals surface area (Å²) in [4.78, 5) is 24.5. The van der Waals surface area contributed by atoms with Crippen molar-refractivity contribution in [1.29, 1.82) is 0 Å². The Balaban J connectivity index is 2.29. The molecule has 1 fully saturated rings. The summed E-state index contributed by atoms with van der Waals surface area (Å²) >= 11 is 3.19. The van der Waals surface area contributed by atoms with Gasteiger partial charge in [-0.15, -0.1) is 0 Å². The lowest BCUT2D eigenvalue weighted by molar-refractivity contribution is -0.121. The third-order valence-electron chi connectivity index (χ3n) is 2.15. The number of imide groups is 1. The molecular formula is C11H8INO2S. The SMILES string of the molecule is CN1C(=O)S/C(=C\c2ccc(I)cc2)C1=O. The van der Waals surface area contributed by atoms with Crippen LogP contribution in [-0.2, 0) is 4.79 Å². The zero-order chi connectivity index (χ0) is 11.7. The molecule has 0 aliphatic carbocycles. The van der Waals surface area contributed by atoms with Gasteiger partial charge in [-0.05, 0) is 58.1 Å². The predicted molar refractivity (Wildman–Crippen MR) is 72.9 cm³/mol. The first-order chi connectivity index (χ1) is 7.58. The minimum absolute atomic E-state index is 0.221. The van der Waals surface area contributed by atoms with Gasteiger partial charge in [0, 0.05) is 10.6 Å². The van der Waals surface area contributed by atoms with Crippen LogP contribution in [0.15, 0.2) is 29.2 Å². The largest absolute Gasteiger partial charge is 0.293 e. The summed E-state index contributed by atoms with van der Waals surface area (Å²) in [5.41, 5.74) is 0.930. The van der Waals surface area contributed by atoms with E-state index in [1.165, 1.54) is 7.05 Å². The van der Waals surface area contributed by atoms with Gasteiger partial charge in [-0.3, -0.25) is 14.5 Å². The maximum absolute atomic E-state index is 11.6. The monoisotopic (exact) mass is 345 g/mol. The van der Waals surface area contributed by atoms with Crippen molar-refractivity contribution in [3.8, 4) is 0 Å². The predicted octanol–water partition coefficient (Wildman–Crippen LogP) is 2.96. The van der Waals surface area contributed by atoms with E-state index in [9.17, 15) is 9.59 Å². The summed E-state index contributed by atoms with van der Waals surface area (Å²) in [5, 5.41) is -0.221. The summed E-state index contributed by atoms with van der Waals surface area (Å²) in [6, 6.07) is 7.77. The van der Waals surface area contributed by atoms with E-state index in [0.717, 1.165) is 25.8 Å². The molecule has 0 spiro atoms. The lowest BCUT2D eigenvalue weighted by Gasteiger charge is -2.01. The molecule has 0 N–H and O–H groups in total. The van der Waals surface area contributed by atoms with E-state index >= 15 is 0 Å². The van der Waals surface area contributed by atoms with Gasteiger partial charge in [0.2, 0.25) is 0 Å². The van der Waals surface area contributed by atoms with Crippen LogP contribution in [0.3, 0.4) is 0 Å². The fraction of sp³-hybridized carbons (Fsp3) is 0.0909.